The second kappa shape index (κ2) is 8.65. The summed E-state index contributed by atoms with van der Waals surface area (Å²) in [6.45, 7) is 0.931. The molecular weight excluding hydrogens is 404 g/mol. The van der Waals surface area contributed by atoms with Crippen LogP contribution in [0.2, 0.25) is 0 Å². The maximum absolute atomic E-state index is 12.6. The summed E-state index contributed by atoms with van der Waals surface area (Å²) in [4.78, 5) is 14.3. The fourth-order valence-electron chi connectivity index (χ4n) is 4.29. The molecule has 2 aromatic rings. The summed E-state index contributed by atoms with van der Waals surface area (Å²) in [5.41, 5.74) is 2.95. The fraction of sp³-hybridized carbons (Fsp3) is 0.409. The van der Waals surface area contributed by atoms with Gasteiger partial charge in [-0.2, -0.15) is 0 Å². The standard InChI is InChI=1S/C22H26N2O5S/c1-30(26,27)23-19-11-6-12-24-20(19)15-17-9-5-10-18(16-7-3-2-4-8-16)21(17)28-13-14-29-22(24)25/h2-5,7-10,19-20,23H,6,11-15H2,1H3. The Morgan fingerprint density at radius 2 is 1.80 bits per heavy atom. The van der Waals surface area contributed by atoms with Gasteiger partial charge in [0.25, 0.3) is 0 Å². The van der Waals surface area contributed by atoms with E-state index in [9.17, 15) is 13.2 Å². The van der Waals surface area contributed by atoms with Crippen LogP contribution in [0.4, 0.5) is 4.79 Å². The molecule has 1 saturated heterocycles. The number of carbonyl (C=O) groups excluding carboxylic acids is 1. The Labute approximate surface area is 177 Å². The van der Waals surface area contributed by atoms with Crippen molar-refractivity contribution >= 4 is 16.1 Å². The van der Waals surface area contributed by atoms with Crippen molar-refractivity contribution in [2.75, 3.05) is 26.0 Å². The maximum atomic E-state index is 12.6. The van der Waals surface area contributed by atoms with Gasteiger partial charge >= 0.3 is 6.09 Å². The Balaban J connectivity index is 1.76. The zero-order valence-electron chi connectivity index (χ0n) is 16.9. The van der Waals surface area contributed by atoms with Gasteiger partial charge in [-0.05, 0) is 30.4 Å². The van der Waals surface area contributed by atoms with Crippen LogP contribution in [-0.4, -0.2) is 57.5 Å². The van der Waals surface area contributed by atoms with E-state index < -0.39 is 16.1 Å². The number of nitrogens with one attached hydrogen (secondary N) is 1. The molecule has 0 saturated carbocycles. The quantitative estimate of drug-likeness (QED) is 0.809. The van der Waals surface area contributed by atoms with E-state index in [1.807, 2.05) is 48.5 Å². The number of cyclic esters (lactones) is 1. The Morgan fingerprint density at radius 3 is 2.57 bits per heavy atom. The first kappa shape index (κ1) is 20.7. The van der Waals surface area contributed by atoms with Gasteiger partial charge in [0.2, 0.25) is 10.0 Å². The van der Waals surface area contributed by atoms with Crippen LogP contribution in [0.3, 0.4) is 0 Å². The predicted molar refractivity (Wildman–Crippen MR) is 114 cm³/mol. The molecule has 2 aliphatic heterocycles. The molecule has 8 heteroatoms. The molecule has 2 heterocycles. The largest absolute Gasteiger partial charge is 0.489 e. The van der Waals surface area contributed by atoms with Gasteiger partial charge in [0.1, 0.15) is 19.0 Å². The maximum Gasteiger partial charge on any atom is 0.410 e. The lowest BCUT2D eigenvalue weighted by Gasteiger charge is -2.41. The van der Waals surface area contributed by atoms with E-state index in [1.165, 1.54) is 0 Å². The molecule has 7 nitrogen and oxygen atoms in total. The summed E-state index contributed by atoms with van der Waals surface area (Å²) in [7, 11) is -3.42. The van der Waals surface area contributed by atoms with Crippen molar-refractivity contribution in [3.05, 3.63) is 54.1 Å². The number of fused-ring (bicyclic) bond motifs is 2. The highest BCUT2D eigenvalue weighted by Crippen LogP contribution is 2.36. The number of hydrogen-bond donors (Lipinski definition) is 1. The van der Waals surface area contributed by atoms with Crippen molar-refractivity contribution < 1.29 is 22.7 Å². The highest BCUT2D eigenvalue weighted by atomic mass is 32.2. The minimum Gasteiger partial charge on any atom is -0.489 e. The Kier molecular flexibility index (Phi) is 5.97. The van der Waals surface area contributed by atoms with Gasteiger partial charge in [-0.1, -0.05) is 48.5 Å². The number of amides is 1. The summed E-state index contributed by atoms with van der Waals surface area (Å²) in [5.74, 6) is 0.755. The Hall–Kier alpha value is -2.58. The highest BCUT2D eigenvalue weighted by molar-refractivity contribution is 7.88. The molecule has 2 unspecified atom stereocenters. The predicted octanol–water partition coefficient (Wildman–Crippen LogP) is 2.81. The molecule has 30 heavy (non-hydrogen) atoms. The number of carbonyl (C=O) groups is 1. The van der Waals surface area contributed by atoms with E-state index in [1.54, 1.807) is 4.90 Å². The monoisotopic (exact) mass is 430 g/mol. The van der Waals surface area contributed by atoms with Crippen molar-refractivity contribution in [3.63, 3.8) is 0 Å². The molecule has 1 N–H and O–H groups in total. The summed E-state index contributed by atoms with van der Waals surface area (Å²) >= 11 is 0. The molecule has 2 aromatic carbocycles. The molecule has 0 radical (unpaired) electrons. The van der Waals surface area contributed by atoms with E-state index in [0.29, 0.717) is 25.8 Å². The molecule has 4 rings (SSSR count). The van der Waals surface area contributed by atoms with Gasteiger partial charge in [0.05, 0.1) is 12.3 Å². The number of rotatable bonds is 3. The summed E-state index contributed by atoms with van der Waals surface area (Å²) in [5, 5.41) is 0. The average Bonchev–Trinajstić information content (AvgIpc) is 2.72. The third-order valence-corrected chi connectivity index (χ3v) is 6.28. The first-order valence-electron chi connectivity index (χ1n) is 10.1. The number of piperidine rings is 1. The van der Waals surface area contributed by atoms with Crippen LogP contribution in [0.5, 0.6) is 5.75 Å². The van der Waals surface area contributed by atoms with E-state index in [2.05, 4.69) is 4.72 Å². The van der Waals surface area contributed by atoms with Crippen LogP contribution in [0, 0.1) is 0 Å². The van der Waals surface area contributed by atoms with Crippen LogP contribution in [0.25, 0.3) is 11.1 Å². The lowest BCUT2D eigenvalue weighted by atomic mass is 9.90. The summed E-state index contributed by atoms with van der Waals surface area (Å²) in [6.07, 6.45) is 2.57. The molecule has 1 fully saturated rings. The zero-order valence-corrected chi connectivity index (χ0v) is 17.7. The average molecular weight is 431 g/mol. The third kappa shape index (κ3) is 4.60. The van der Waals surface area contributed by atoms with Gasteiger partial charge < -0.3 is 14.4 Å². The molecule has 160 valence electrons. The van der Waals surface area contributed by atoms with E-state index in [0.717, 1.165) is 28.7 Å². The van der Waals surface area contributed by atoms with E-state index in [4.69, 9.17) is 9.47 Å². The van der Waals surface area contributed by atoms with Gasteiger partial charge in [0.15, 0.2) is 0 Å². The number of ether oxygens (including phenoxy) is 2. The van der Waals surface area contributed by atoms with Gasteiger partial charge in [0, 0.05) is 18.2 Å². The molecular formula is C22H26N2O5S. The first-order valence-corrected chi connectivity index (χ1v) is 12.0. The molecule has 2 aliphatic rings. The van der Waals surface area contributed by atoms with Crippen LogP contribution < -0.4 is 9.46 Å². The first-order chi connectivity index (χ1) is 14.4. The lowest BCUT2D eigenvalue weighted by Crippen LogP contribution is -2.58. The summed E-state index contributed by atoms with van der Waals surface area (Å²) < 4.78 is 38.1. The molecule has 1 amide bonds. The van der Waals surface area contributed by atoms with Gasteiger partial charge in [-0.25, -0.2) is 17.9 Å². The molecule has 2 atom stereocenters. The van der Waals surface area contributed by atoms with Crippen molar-refractivity contribution in [1.82, 2.24) is 9.62 Å². The second-order valence-electron chi connectivity index (χ2n) is 7.73. The summed E-state index contributed by atoms with van der Waals surface area (Å²) in [6, 6.07) is 15.2. The topological polar surface area (TPSA) is 84.9 Å². The van der Waals surface area contributed by atoms with Crippen LogP contribution in [-0.2, 0) is 21.2 Å². The molecule has 0 bridgehead atoms. The molecule has 0 aromatic heterocycles. The minimum atomic E-state index is -3.42. The van der Waals surface area contributed by atoms with Crippen LogP contribution in [0.15, 0.2) is 48.5 Å². The number of benzene rings is 2. The van der Waals surface area contributed by atoms with Crippen molar-refractivity contribution in [1.29, 1.82) is 0 Å². The van der Waals surface area contributed by atoms with Crippen LogP contribution >= 0.6 is 0 Å². The van der Waals surface area contributed by atoms with Crippen LogP contribution in [0.1, 0.15) is 18.4 Å². The number of para-hydroxylation sites is 1. The van der Waals surface area contributed by atoms with E-state index in [-0.39, 0.29) is 25.3 Å². The Morgan fingerprint density at radius 1 is 1.03 bits per heavy atom. The fourth-order valence-corrected chi connectivity index (χ4v) is 5.12. The SMILES string of the molecule is CS(=O)(=O)NC1CCCN2C(=O)OCCOc3c(cccc3-c3ccccc3)CC12. The number of sulfonamides is 1. The van der Waals surface area contributed by atoms with Gasteiger partial charge in [-0.3, -0.25) is 0 Å². The molecule has 0 aliphatic carbocycles. The van der Waals surface area contributed by atoms with Gasteiger partial charge in [-0.15, -0.1) is 0 Å². The Bertz CT molecular complexity index is 1010. The minimum absolute atomic E-state index is 0.134. The zero-order chi connectivity index (χ0) is 21.1. The third-order valence-electron chi connectivity index (χ3n) is 5.54. The molecule has 0 spiro atoms. The smallest absolute Gasteiger partial charge is 0.410 e. The van der Waals surface area contributed by atoms with Crippen molar-refractivity contribution in [2.24, 2.45) is 0 Å². The second-order valence-corrected chi connectivity index (χ2v) is 9.51. The van der Waals surface area contributed by atoms with Crippen molar-refractivity contribution in [3.8, 4) is 16.9 Å². The van der Waals surface area contributed by atoms with Crippen molar-refractivity contribution in [2.45, 2.75) is 31.3 Å². The normalized spacial score (nSPS) is 22.3. The number of hydrogen-bond acceptors (Lipinski definition) is 5. The lowest BCUT2D eigenvalue weighted by molar-refractivity contribution is 0.0526. The van der Waals surface area contributed by atoms with E-state index >= 15 is 0 Å². The number of nitrogens with zero attached hydrogens (tertiary/aromatic N) is 1. The highest BCUT2D eigenvalue weighted by Gasteiger charge is 2.37.